The Hall–Kier alpha value is -1.69. The van der Waals surface area contributed by atoms with E-state index in [0.29, 0.717) is 17.3 Å². The molecule has 0 saturated carbocycles. The molecule has 0 bridgehead atoms. The Labute approximate surface area is 116 Å². The third-order valence-corrected chi connectivity index (χ3v) is 3.84. The Morgan fingerprint density at radius 1 is 1.32 bits per heavy atom. The molecule has 1 aliphatic heterocycles. The van der Waals surface area contributed by atoms with Crippen LogP contribution in [0, 0.1) is 0 Å². The number of hydrogen-bond donors (Lipinski definition) is 0. The van der Waals surface area contributed by atoms with Crippen LogP contribution >= 0.6 is 11.8 Å². The molecule has 6 heteroatoms. The van der Waals surface area contributed by atoms with Crippen molar-refractivity contribution >= 4 is 22.8 Å². The summed E-state index contributed by atoms with van der Waals surface area (Å²) in [7, 11) is 4.54. The first-order chi connectivity index (χ1) is 9.21. The Bertz CT molecular complexity index is 515. The van der Waals surface area contributed by atoms with Crippen LogP contribution in [0.25, 0.3) is 0 Å². The molecule has 102 valence electrons. The molecule has 2 rings (SSSR count). The summed E-state index contributed by atoms with van der Waals surface area (Å²) in [4.78, 5) is 15.9. The molecule has 0 saturated heterocycles. The van der Waals surface area contributed by atoms with Gasteiger partial charge in [0.15, 0.2) is 17.5 Å². The predicted molar refractivity (Wildman–Crippen MR) is 74.3 cm³/mol. The van der Waals surface area contributed by atoms with Gasteiger partial charge in [0.2, 0.25) is 0 Å². The Kier molecular flexibility index (Phi) is 4.31. The molecule has 0 fully saturated rings. The maximum atomic E-state index is 11.5. The third kappa shape index (κ3) is 2.68. The smallest absolute Gasteiger partial charge is 0.331 e. The van der Waals surface area contributed by atoms with Gasteiger partial charge in [-0.1, -0.05) is 6.07 Å². The highest BCUT2D eigenvalue weighted by molar-refractivity contribution is 8.14. The van der Waals surface area contributed by atoms with Crippen LogP contribution < -0.4 is 9.47 Å². The maximum Gasteiger partial charge on any atom is 0.331 e. The number of carbonyl (C=O) groups excluding carboxylic acids is 1. The minimum absolute atomic E-state index is 0.315. The standard InChI is InChI=1S/C13H15NO4S/c1-16-10-6-4-5-8(11(10)17-2)12-14-9(7-19-12)13(15)18-3/h4-6,9H,7H2,1-3H3/t9-/m0/s1. The van der Waals surface area contributed by atoms with E-state index in [9.17, 15) is 4.79 Å². The van der Waals surface area contributed by atoms with E-state index in [4.69, 9.17) is 14.2 Å². The molecule has 0 unspecified atom stereocenters. The first kappa shape index (κ1) is 13.7. The number of esters is 1. The molecule has 1 aromatic carbocycles. The van der Waals surface area contributed by atoms with Gasteiger partial charge >= 0.3 is 5.97 Å². The van der Waals surface area contributed by atoms with Gasteiger partial charge in [-0.25, -0.2) is 4.79 Å². The normalized spacial score (nSPS) is 17.8. The molecule has 1 aliphatic rings. The number of ether oxygens (including phenoxy) is 3. The first-order valence-electron chi connectivity index (χ1n) is 5.71. The average Bonchev–Trinajstić information content (AvgIpc) is 2.95. The highest BCUT2D eigenvalue weighted by Gasteiger charge is 2.28. The quantitative estimate of drug-likeness (QED) is 0.787. The summed E-state index contributed by atoms with van der Waals surface area (Å²) < 4.78 is 15.3. The molecule has 1 atom stereocenters. The van der Waals surface area contributed by atoms with Crippen molar-refractivity contribution < 1.29 is 19.0 Å². The molecule has 19 heavy (non-hydrogen) atoms. The molecule has 0 spiro atoms. The lowest BCUT2D eigenvalue weighted by Gasteiger charge is -2.11. The van der Waals surface area contributed by atoms with Gasteiger partial charge in [0.25, 0.3) is 0 Å². The van der Waals surface area contributed by atoms with Gasteiger partial charge in [0, 0.05) is 5.75 Å². The number of hydrogen-bond acceptors (Lipinski definition) is 6. The lowest BCUT2D eigenvalue weighted by molar-refractivity contribution is -0.141. The topological polar surface area (TPSA) is 57.1 Å². The van der Waals surface area contributed by atoms with Crippen molar-refractivity contribution in [2.24, 2.45) is 4.99 Å². The van der Waals surface area contributed by atoms with Crippen molar-refractivity contribution in [3.8, 4) is 11.5 Å². The second kappa shape index (κ2) is 5.97. The molecule has 1 aromatic rings. The van der Waals surface area contributed by atoms with Gasteiger partial charge < -0.3 is 14.2 Å². The number of carbonyl (C=O) groups is 1. The van der Waals surface area contributed by atoms with Gasteiger partial charge in [-0.3, -0.25) is 4.99 Å². The second-order valence-electron chi connectivity index (χ2n) is 3.83. The summed E-state index contributed by atoms with van der Waals surface area (Å²) in [6.07, 6.45) is 0. The van der Waals surface area contributed by atoms with Crippen molar-refractivity contribution in [2.45, 2.75) is 6.04 Å². The minimum atomic E-state index is -0.444. The second-order valence-corrected chi connectivity index (χ2v) is 4.83. The fraction of sp³-hybridized carbons (Fsp3) is 0.385. The molecule has 0 amide bonds. The summed E-state index contributed by atoms with van der Waals surface area (Å²) in [6, 6.07) is 5.14. The molecule has 0 N–H and O–H groups in total. The van der Waals surface area contributed by atoms with E-state index in [2.05, 4.69) is 4.99 Å². The third-order valence-electron chi connectivity index (χ3n) is 2.76. The highest BCUT2D eigenvalue weighted by atomic mass is 32.2. The fourth-order valence-corrected chi connectivity index (χ4v) is 2.88. The predicted octanol–water partition coefficient (Wildman–Crippen LogP) is 1.74. The van der Waals surface area contributed by atoms with Crippen LogP contribution in [0.1, 0.15) is 5.56 Å². The molecule has 5 nitrogen and oxygen atoms in total. The maximum absolute atomic E-state index is 11.5. The highest BCUT2D eigenvalue weighted by Crippen LogP contribution is 2.35. The lowest BCUT2D eigenvalue weighted by Crippen LogP contribution is -2.19. The van der Waals surface area contributed by atoms with E-state index in [1.807, 2.05) is 18.2 Å². The van der Waals surface area contributed by atoms with Crippen LogP contribution in [0.2, 0.25) is 0 Å². The van der Waals surface area contributed by atoms with Gasteiger partial charge in [-0.05, 0) is 12.1 Å². The van der Waals surface area contributed by atoms with E-state index >= 15 is 0 Å². The molecule has 0 radical (unpaired) electrons. The minimum Gasteiger partial charge on any atom is -0.493 e. The number of rotatable bonds is 4. The van der Waals surface area contributed by atoms with Crippen LogP contribution in [0.5, 0.6) is 11.5 Å². The van der Waals surface area contributed by atoms with Crippen molar-refractivity contribution in [3.05, 3.63) is 23.8 Å². The summed E-state index contributed by atoms with van der Waals surface area (Å²) in [5.74, 6) is 1.54. The van der Waals surface area contributed by atoms with Gasteiger partial charge in [-0.15, -0.1) is 11.8 Å². The summed E-state index contributed by atoms with van der Waals surface area (Å²) in [6.45, 7) is 0. The summed E-state index contributed by atoms with van der Waals surface area (Å²) in [5.41, 5.74) is 0.832. The number of aliphatic imine (C=N–C) groups is 1. The van der Waals surface area contributed by atoms with Gasteiger partial charge in [0.1, 0.15) is 5.04 Å². The van der Waals surface area contributed by atoms with Crippen molar-refractivity contribution in [2.75, 3.05) is 27.1 Å². The zero-order valence-electron chi connectivity index (χ0n) is 11.0. The van der Waals surface area contributed by atoms with E-state index < -0.39 is 6.04 Å². The van der Waals surface area contributed by atoms with Crippen LogP contribution in [-0.2, 0) is 9.53 Å². The lowest BCUT2D eigenvalue weighted by atomic mass is 10.2. The zero-order valence-corrected chi connectivity index (χ0v) is 11.8. The Morgan fingerprint density at radius 3 is 2.74 bits per heavy atom. The SMILES string of the molecule is COC(=O)[C@@H]1CSC(c2cccc(OC)c2OC)=N1. The van der Waals surface area contributed by atoms with Gasteiger partial charge in [0.05, 0.1) is 26.9 Å². The Balaban J connectivity index is 2.35. The molecule has 0 aromatic heterocycles. The molecular formula is C13H15NO4S. The number of benzene rings is 1. The van der Waals surface area contributed by atoms with Crippen molar-refractivity contribution in [3.63, 3.8) is 0 Å². The molecule has 0 aliphatic carbocycles. The molecular weight excluding hydrogens is 266 g/mol. The van der Waals surface area contributed by atoms with E-state index in [-0.39, 0.29) is 5.97 Å². The van der Waals surface area contributed by atoms with E-state index in [0.717, 1.165) is 10.6 Å². The summed E-state index contributed by atoms with van der Waals surface area (Å²) in [5, 5.41) is 0.770. The number of nitrogens with zero attached hydrogens (tertiary/aromatic N) is 1. The number of methoxy groups -OCH3 is 3. The van der Waals surface area contributed by atoms with E-state index in [1.54, 1.807) is 14.2 Å². The largest absolute Gasteiger partial charge is 0.493 e. The number of para-hydroxylation sites is 1. The monoisotopic (exact) mass is 281 g/mol. The van der Waals surface area contributed by atoms with Crippen molar-refractivity contribution in [1.29, 1.82) is 0 Å². The van der Waals surface area contributed by atoms with E-state index in [1.165, 1.54) is 18.9 Å². The number of thioether (sulfide) groups is 1. The zero-order chi connectivity index (χ0) is 13.8. The summed E-state index contributed by atoms with van der Waals surface area (Å²) >= 11 is 1.51. The van der Waals surface area contributed by atoms with Crippen LogP contribution in [0.15, 0.2) is 23.2 Å². The fourth-order valence-electron chi connectivity index (χ4n) is 1.83. The molecule has 1 heterocycles. The Morgan fingerprint density at radius 2 is 2.11 bits per heavy atom. The first-order valence-corrected chi connectivity index (χ1v) is 6.69. The van der Waals surface area contributed by atoms with Crippen molar-refractivity contribution in [1.82, 2.24) is 0 Å². The van der Waals surface area contributed by atoms with Crippen LogP contribution in [0.4, 0.5) is 0 Å². The van der Waals surface area contributed by atoms with Gasteiger partial charge in [-0.2, -0.15) is 0 Å². The average molecular weight is 281 g/mol. The van der Waals surface area contributed by atoms with Crippen LogP contribution in [-0.4, -0.2) is 44.1 Å². The van der Waals surface area contributed by atoms with Crippen LogP contribution in [0.3, 0.4) is 0 Å².